The monoisotopic (exact) mass is 416 g/mol. The van der Waals surface area contributed by atoms with E-state index in [0.29, 0.717) is 16.9 Å². The smallest absolute Gasteiger partial charge is 0.306 e. The van der Waals surface area contributed by atoms with E-state index in [1.54, 1.807) is 23.2 Å². The van der Waals surface area contributed by atoms with Crippen LogP contribution in [0.15, 0.2) is 30.5 Å². The van der Waals surface area contributed by atoms with Crippen molar-refractivity contribution in [2.24, 2.45) is 0 Å². The molecule has 0 unspecified atom stereocenters. The van der Waals surface area contributed by atoms with Gasteiger partial charge in [-0.2, -0.15) is 0 Å². The summed E-state index contributed by atoms with van der Waals surface area (Å²) in [6, 6.07) is 7.05. The van der Waals surface area contributed by atoms with Crippen molar-refractivity contribution in [1.82, 2.24) is 9.88 Å². The highest BCUT2D eigenvalue weighted by Gasteiger charge is 2.39. The first-order valence-electron chi connectivity index (χ1n) is 10.0. The molecule has 29 heavy (non-hydrogen) atoms. The summed E-state index contributed by atoms with van der Waals surface area (Å²) in [6.07, 6.45) is 5.55. The van der Waals surface area contributed by atoms with Crippen molar-refractivity contribution in [3.05, 3.63) is 52.6 Å². The minimum absolute atomic E-state index is 0.0609. The number of nitrogens with zero attached hydrogens (tertiary/aromatic N) is 4. The number of benzene rings is 1. The fraction of sp³-hybridized carbons (Fsp3) is 0.455. The molecule has 1 aromatic heterocycles. The number of rotatable bonds is 3. The number of anilines is 2. The number of halogens is 2. The molecule has 1 saturated carbocycles. The molecule has 2 amide bonds. The summed E-state index contributed by atoms with van der Waals surface area (Å²) >= 11 is 6.17. The van der Waals surface area contributed by atoms with Gasteiger partial charge in [0, 0.05) is 23.8 Å². The molecule has 0 atom stereocenters. The van der Waals surface area contributed by atoms with Gasteiger partial charge in [0.15, 0.2) is 0 Å². The fourth-order valence-corrected chi connectivity index (χ4v) is 4.74. The number of amides is 2. The van der Waals surface area contributed by atoms with Crippen molar-refractivity contribution in [3.8, 4) is 0 Å². The minimum Gasteiger partial charge on any atom is -0.306 e. The number of urea groups is 1. The molecule has 5 nitrogen and oxygen atoms in total. The number of pyridine rings is 1. The van der Waals surface area contributed by atoms with Crippen molar-refractivity contribution >= 4 is 29.0 Å². The molecule has 7 heteroatoms. The number of carbonyl (C=O) groups is 1. The molecule has 154 valence electrons. The highest BCUT2D eigenvalue weighted by molar-refractivity contribution is 6.29. The molecule has 1 fully saturated rings. The van der Waals surface area contributed by atoms with E-state index in [-0.39, 0.29) is 24.4 Å². The van der Waals surface area contributed by atoms with E-state index in [4.69, 9.17) is 11.6 Å². The fourth-order valence-electron chi connectivity index (χ4n) is 4.59. The third-order valence-electron chi connectivity index (χ3n) is 6.17. The van der Waals surface area contributed by atoms with E-state index < -0.39 is 0 Å². The van der Waals surface area contributed by atoms with Gasteiger partial charge in [0.25, 0.3) is 0 Å². The second-order valence-electron chi connectivity index (χ2n) is 8.21. The van der Waals surface area contributed by atoms with Crippen LogP contribution in [0.1, 0.15) is 36.8 Å². The molecule has 1 aromatic carbocycles. The topological polar surface area (TPSA) is 39.7 Å². The lowest BCUT2D eigenvalue weighted by Gasteiger charge is -2.44. The van der Waals surface area contributed by atoms with Crippen LogP contribution in [-0.2, 0) is 6.54 Å². The van der Waals surface area contributed by atoms with Crippen LogP contribution in [0.3, 0.4) is 0 Å². The Morgan fingerprint density at radius 3 is 2.59 bits per heavy atom. The standard InChI is InChI=1S/C22H26ClFN4O/c1-14-5-4-6-18(24)21(14)27-13-15-12-25-20(23)11-19(15)28(22(27)29)17-9-7-16(8-10-17)26(2)3/h4-6,11-12,16-17H,7-10,13H2,1-3H3/t16-,17-. The number of carbonyl (C=O) groups excluding carboxylic acids is 1. The molecule has 2 aromatic rings. The molecular weight excluding hydrogens is 391 g/mol. The summed E-state index contributed by atoms with van der Waals surface area (Å²) in [7, 11) is 4.20. The van der Waals surface area contributed by atoms with Crippen molar-refractivity contribution in [3.63, 3.8) is 0 Å². The van der Waals surface area contributed by atoms with E-state index in [2.05, 4.69) is 24.0 Å². The number of hydrogen-bond acceptors (Lipinski definition) is 3. The van der Waals surface area contributed by atoms with Crippen LogP contribution in [0.4, 0.5) is 20.6 Å². The van der Waals surface area contributed by atoms with Crippen LogP contribution in [-0.4, -0.2) is 42.1 Å². The van der Waals surface area contributed by atoms with Gasteiger partial charge in [0.1, 0.15) is 11.0 Å². The number of fused-ring (bicyclic) bond motifs is 1. The maximum Gasteiger partial charge on any atom is 0.329 e. The first kappa shape index (κ1) is 20.1. The van der Waals surface area contributed by atoms with Gasteiger partial charge >= 0.3 is 6.03 Å². The van der Waals surface area contributed by atoms with Crippen LogP contribution in [0.2, 0.25) is 5.15 Å². The Labute approximate surface area is 176 Å². The number of aryl methyl sites for hydroxylation is 1. The second kappa shape index (κ2) is 7.92. The average Bonchev–Trinajstić information content (AvgIpc) is 2.68. The molecule has 0 spiro atoms. The lowest BCUT2D eigenvalue weighted by atomic mass is 9.88. The van der Waals surface area contributed by atoms with E-state index >= 15 is 0 Å². The zero-order valence-corrected chi connectivity index (χ0v) is 17.8. The quantitative estimate of drug-likeness (QED) is 0.661. The molecule has 1 aliphatic carbocycles. The van der Waals surface area contributed by atoms with Gasteiger partial charge in [-0.3, -0.25) is 9.80 Å². The Kier molecular flexibility index (Phi) is 5.49. The van der Waals surface area contributed by atoms with Crippen molar-refractivity contribution in [2.75, 3.05) is 23.9 Å². The Balaban J connectivity index is 1.73. The zero-order chi connectivity index (χ0) is 20.7. The Hall–Kier alpha value is -2.18. The summed E-state index contributed by atoms with van der Waals surface area (Å²) in [5, 5.41) is 0.360. The number of aromatic nitrogens is 1. The van der Waals surface area contributed by atoms with Gasteiger partial charge in [0.2, 0.25) is 0 Å². The Bertz CT molecular complexity index is 907. The van der Waals surface area contributed by atoms with Gasteiger partial charge < -0.3 is 4.90 Å². The van der Waals surface area contributed by atoms with Crippen molar-refractivity contribution in [1.29, 1.82) is 0 Å². The van der Waals surface area contributed by atoms with Gasteiger partial charge in [-0.15, -0.1) is 0 Å². The average molecular weight is 417 g/mol. The molecule has 0 N–H and O–H groups in total. The first-order valence-corrected chi connectivity index (χ1v) is 10.4. The van der Waals surface area contributed by atoms with Crippen molar-refractivity contribution in [2.45, 2.75) is 51.2 Å². The van der Waals surface area contributed by atoms with Crippen LogP contribution >= 0.6 is 11.6 Å². The third kappa shape index (κ3) is 3.71. The van der Waals surface area contributed by atoms with Gasteiger partial charge in [-0.1, -0.05) is 23.7 Å². The minimum atomic E-state index is -0.389. The molecule has 0 bridgehead atoms. The SMILES string of the molecule is Cc1cccc(F)c1N1Cc2cnc(Cl)cc2N([C@H]2CC[C@H](N(C)C)CC2)C1=O. The molecule has 2 aliphatic rings. The predicted octanol–water partition coefficient (Wildman–Crippen LogP) is 5.00. The normalized spacial score (nSPS) is 22.2. The molecule has 4 rings (SSSR count). The molecule has 0 radical (unpaired) electrons. The maximum atomic E-state index is 14.7. The molecule has 1 aliphatic heterocycles. The maximum absolute atomic E-state index is 14.7. The Morgan fingerprint density at radius 1 is 1.21 bits per heavy atom. The first-order chi connectivity index (χ1) is 13.9. The third-order valence-corrected chi connectivity index (χ3v) is 6.38. The number of hydrogen-bond donors (Lipinski definition) is 0. The number of para-hydroxylation sites is 1. The van der Waals surface area contributed by atoms with Crippen LogP contribution < -0.4 is 9.80 Å². The van der Waals surface area contributed by atoms with E-state index in [1.807, 2.05) is 17.9 Å². The molecule has 2 heterocycles. The van der Waals surface area contributed by atoms with E-state index in [1.165, 1.54) is 6.07 Å². The van der Waals surface area contributed by atoms with Gasteiger partial charge in [-0.05, 0) is 64.4 Å². The van der Waals surface area contributed by atoms with Gasteiger partial charge in [-0.25, -0.2) is 14.2 Å². The highest BCUT2D eigenvalue weighted by atomic mass is 35.5. The van der Waals surface area contributed by atoms with Gasteiger partial charge in [0.05, 0.1) is 17.9 Å². The summed E-state index contributed by atoms with van der Waals surface area (Å²) < 4.78 is 14.7. The summed E-state index contributed by atoms with van der Waals surface area (Å²) in [5.74, 6) is -0.389. The lowest BCUT2D eigenvalue weighted by molar-refractivity contribution is 0.209. The van der Waals surface area contributed by atoms with Crippen molar-refractivity contribution < 1.29 is 9.18 Å². The zero-order valence-electron chi connectivity index (χ0n) is 17.0. The Morgan fingerprint density at radius 2 is 1.93 bits per heavy atom. The second-order valence-corrected chi connectivity index (χ2v) is 8.59. The van der Waals surface area contributed by atoms with Crippen LogP contribution in [0, 0.1) is 12.7 Å². The predicted molar refractivity (Wildman–Crippen MR) is 114 cm³/mol. The van der Waals surface area contributed by atoms with E-state index in [0.717, 1.165) is 42.5 Å². The molecular formula is C22H26ClFN4O. The highest BCUT2D eigenvalue weighted by Crippen LogP contribution is 2.39. The summed E-state index contributed by atoms with van der Waals surface area (Å²) in [4.78, 5) is 23.4. The molecule has 0 saturated heterocycles. The lowest BCUT2D eigenvalue weighted by Crippen LogP contribution is -2.54. The largest absolute Gasteiger partial charge is 0.329 e. The summed E-state index contributed by atoms with van der Waals surface area (Å²) in [6.45, 7) is 2.11. The van der Waals surface area contributed by atoms with E-state index in [9.17, 15) is 9.18 Å². The van der Waals surface area contributed by atoms with Crippen LogP contribution in [0.5, 0.6) is 0 Å². The van der Waals surface area contributed by atoms with Crippen LogP contribution in [0.25, 0.3) is 0 Å². The summed E-state index contributed by atoms with van der Waals surface area (Å²) in [5.41, 5.74) is 2.75.